The van der Waals surface area contributed by atoms with Crippen LogP contribution in [0.1, 0.15) is 132 Å². The van der Waals surface area contributed by atoms with E-state index in [9.17, 15) is 0 Å². The number of hydrogen-bond donors (Lipinski definition) is 0. The summed E-state index contributed by atoms with van der Waals surface area (Å²) < 4.78 is -2.25. The molecule has 0 N–H and O–H groups in total. The minimum Gasteiger partial charge on any atom is -0.0874 e. The summed E-state index contributed by atoms with van der Waals surface area (Å²) >= 11 is 43.3. The van der Waals surface area contributed by atoms with Gasteiger partial charge in [-0.1, -0.05) is 123 Å². The zero-order valence-corrected chi connectivity index (χ0v) is 34.6. The molecule has 13 rings (SSSR count). The largest absolute Gasteiger partial charge is 0.180 e. The van der Waals surface area contributed by atoms with Gasteiger partial charge in [0, 0.05) is 0 Å². The van der Waals surface area contributed by atoms with Gasteiger partial charge in [-0.15, -0.1) is 0 Å². The van der Waals surface area contributed by atoms with Crippen LogP contribution in [0.15, 0.2) is 18.2 Å². The molecular weight excluding hydrogens is 788 g/mol. The van der Waals surface area contributed by atoms with E-state index < -0.39 is 12.9 Å². The molecule has 9 heteroatoms. The SMILES string of the molecule is ClC(Cl)Cl.ClC(Cl)Cl.ClC(Cl)Cl.c1c(C23CC4CC(CC(C4)C2)C3)cc(C23CC4CC(CC(C4)C2)C3)cc1C12CC3CC(CC(C3)C1)C2. The molecule has 1 aromatic carbocycles. The molecule has 12 fully saturated rings. The molecule has 270 valence electrons. The zero-order chi connectivity index (χ0) is 34.0. The van der Waals surface area contributed by atoms with Gasteiger partial charge in [-0.25, -0.2) is 0 Å². The van der Waals surface area contributed by atoms with Gasteiger partial charge in [0.1, 0.15) is 0 Å². The van der Waals surface area contributed by atoms with Gasteiger partial charge in [-0.2, -0.15) is 0 Å². The Morgan fingerprint density at radius 2 is 0.438 bits per heavy atom. The molecule has 0 atom stereocenters. The summed E-state index contributed by atoms with van der Waals surface area (Å²) in [7, 11) is 0. The van der Waals surface area contributed by atoms with E-state index in [1.165, 1.54) is 0 Å². The third-order valence-corrected chi connectivity index (χ3v) is 14.9. The highest BCUT2D eigenvalue weighted by molar-refractivity contribution is 6.63. The quantitative estimate of drug-likeness (QED) is 0.266. The van der Waals surface area contributed by atoms with Crippen molar-refractivity contribution in [3.8, 4) is 0 Å². The van der Waals surface area contributed by atoms with Crippen molar-refractivity contribution < 1.29 is 0 Å². The lowest BCUT2D eigenvalue weighted by Crippen LogP contribution is -2.51. The molecule has 48 heavy (non-hydrogen) atoms. The van der Waals surface area contributed by atoms with E-state index in [-0.39, 0.29) is 0 Å². The maximum absolute atomic E-state index is 4.81. The maximum atomic E-state index is 4.81. The summed E-state index contributed by atoms with van der Waals surface area (Å²) in [5, 5.41) is 0. The number of benzene rings is 1. The molecule has 0 radical (unpaired) electrons. The molecule has 12 aliphatic carbocycles. The van der Waals surface area contributed by atoms with Gasteiger partial charge in [0.05, 0.1) is 0 Å². The van der Waals surface area contributed by atoms with E-state index in [1.54, 1.807) is 116 Å². The Morgan fingerprint density at radius 3 is 0.562 bits per heavy atom. The van der Waals surface area contributed by atoms with Crippen LogP contribution in [0.2, 0.25) is 0 Å². The van der Waals surface area contributed by atoms with Crippen LogP contribution in [0.3, 0.4) is 0 Å². The van der Waals surface area contributed by atoms with Crippen LogP contribution in [0, 0.1) is 53.3 Å². The van der Waals surface area contributed by atoms with Crippen LogP contribution < -0.4 is 0 Å². The fourth-order valence-electron chi connectivity index (χ4n) is 14.9. The van der Waals surface area contributed by atoms with Gasteiger partial charge < -0.3 is 0 Å². The highest BCUT2D eigenvalue weighted by Crippen LogP contribution is 2.66. The Hall–Kier alpha value is 1.83. The lowest BCUT2D eigenvalue weighted by molar-refractivity contribution is -0.0116. The first-order valence-electron chi connectivity index (χ1n) is 18.7. The average molecular weight is 839 g/mol. The first-order chi connectivity index (χ1) is 22.7. The van der Waals surface area contributed by atoms with E-state index in [0.29, 0.717) is 16.2 Å². The molecular formula is C39H51Cl9. The Labute approximate surface area is 334 Å². The van der Waals surface area contributed by atoms with Crippen LogP contribution in [0.5, 0.6) is 0 Å². The van der Waals surface area contributed by atoms with Crippen molar-refractivity contribution in [2.24, 2.45) is 53.3 Å². The molecule has 0 aliphatic heterocycles. The van der Waals surface area contributed by atoms with E-state index in [0.717, 1.165) is 53.3 Å². The van der Waals surface area contributed by atoms with Crippen LogP contribution in [-0.2, 0) is 16.2 Å². The second kappa shape index (κ2) is 15.2. The van der Waals surface area contributed by atoms with Gasteiger partial charge >= 0.3 is 0 Å². The van der Waals surface area contributed by atoms with E-state index >= 15 is 0 Å². The number of alkyl halides is 9. The first-order valence-corrected chi connectivity index (χ1v) is 22.6. The smallest absolute Gasteiger partial charge is 0.0874 e. The van der Waals surface area contributed by atoms with Crippen molar-refractivity contribution in [1.29, 1.82) is 0 Å². The van der Waals surface area contributed by atoms with E-state index in [2.05, 4.69) is 18.2 Å². The molecule has 0 spiro atoms. The molecule has 12 aliphatic rings. The Morgan fingerprint density at radius 1 is 0.312 bits per heavy atom. The number of rotatable bonds is 3. The van der Waals surface area contributed by atoms with Crippen molar-refractivity contribution in [1.82, 2.24) is 0 Å². The van der Waals surface area contributed by atoms with Crippen LogP contribution >= 0.6 is 104 Å². The highest BCUT2D eigenvalue weighted by atomic mass is 35.6. The standard InChI is InChI=1S/C36H48.3CHCl3/c1-22-2-24-3-23(1)14-34(13-22,15-24)31-10-32(35-16-25-4-26(17-35)6-27(5-25)18-35)12-33(11-31)36-19-28-7-29(20-36)9-30(8-28)21-36;3*2-1(3)4/h10-12,22-30H,1-9,13-21H2;3*1H. The van der Waals surface area contributed by atoms with Crippen molar-refractivity contribution in [3.63, 3.8) is 0 Å². The van der Waals surface area contributed by atoms with Crippen molar-refractivity contribution in [3.05, 3.63) is 34.9 Å². The predicted octanol–water partition coefficient (Wildman–Crippen LogP) is 15.0. The molecule has 0 nitrogen and oxygen atoms in total. The lowest BCUT2D eigenvalue weighted by Gasteiger charge is -2.60. The molecule has 12 saturated carbocycles. The Kier molecular flexibility index (Phi) is 12.0. The van der Waals surface area contributed by atoms with Crippen molar-refractivity contribution in [2.75, 3.05) is 0 Å². The van der Waals surface area contributed by atoms with Crippen molar-refractivity contribution >= 4 is 104 Å². The number of halogens is 9. The molecule has 1 aromatic rings. The molecule has 0 heterocycles. The van der Waals surface area contributed by atoms with Crippen LogP contribution in [0.25, 0.3) is 0 Å². The summed E-state index contributed by atoms with van der Waals surface area (Å²) in [4.78, 5) is 0. The summed E-state index contributed by atoms with van der Waals surface area (Å²) in [6, 6.07) is 8.76. The summed E-state index contributed by atoms with van der Waals surface area (Å²) in [5.74, 6) is 9.52. The topological polar surface area (TPSA) is 0 Å². The zero-order valence-electron chi connectivity index (χ0n) is 27.8. The lowest BCUT2D eigenvalue weighted by atomic mass is 9.45. The molecule has 0 aromatic heterocycles. The summed E-state index contributed by atoms with van der Waals surface area (Å²) in [5.41, 5.74) is 7.35. The van der Waals surface area contributed by atoms with Gasteiger partial charge in [0.2, 0.25) is 0 Å². The summed E-state index contributed by atoms with van der Waals surface area (Å²) in [6.45, 7) is 0. The minimum atomic E-state index is -0.750. The first kappa shape index (κ1) is 38.1. The maximum Gasteiger partial charge on any atom is 0.180 e. The van der Waals surface area contributed by atoms with E-state index in [1.807, 2.05) is 16.7 Å². The third-order valence-electron chi connectivity index (χ3n) is 14.9. The summed E-state index contributed by atoms with van der Waals surface area (Å²) in [6.07, 6.45) is 28.1. The second-order valence-corrected chi connectivity index (χ2v) is 24.1. The average Bonchev–Trinajstić information content (AvgIpc) is 2.94. The van der Waals surface area contributed by atoms with Gasteiger partial charge in [-0.3, -0.25) is 0 Å². The Balaban J connectivity index is 0.000000267. The van der Waals surface area contributed by atoms with Crippen LogP contribution in [-0.4, -0.2) is 12.9 Å². The normalized spacial score (nSPS) is 45.1. The van der Waals surface area contributed by atoms with Gasteiger partial charge in [0.25, 0.3) is 0 Å². The fraction of sp³-hybridized carbons (Fsp3) is 0.846. The molecule has 12 bridgehead atoms. The van der Waals surface area contributed by atoms with Crippen molar-refractivity contribution in [2.45, 2.75) is 145 Å². The molecule has 0 amide bonds. The van der Waals surface area contributed by atoms with Gasteiger partial charge in [-0.05, 0) is 202 Å². The van der Waals surface area contributed by atoms with Gasteiger partial charge in [0.15, 0.2) is 12.9 Å². The molecule has 0 unspecified atom stereocenters. The Bertz CT molecular complexity index is 995. The number of hydrogen-bond acceptors (Lipinski definition) is 0. The van der Waals surface area contributed by atoms with E-state index in [4.69, 9.17) is 104 Å². The van der Waals surface area contributed by atoms with Crippen LogP contribution in [0.4, 0.5) is 0 Å². The monoisotopic (exact) mass is 834 g/mol. The predicted molar refractivity (Wildman–Crippen MR) is 210 cm³/mol. The fourth-order valence-corrected chi connectivity index (χ4v) is 14.9. The highest BCUT2D eigenvalue weighted by Gasteiger charge is 2.56. The second-order valence-electron chi connectivity index (χ2n) is 18.1. The minimum absolute atomic E-state index is 0.560. The molecule has 0 saturated heterocycles. The third kappa shape index (κ3) is 8.24.